The van der Waals surface area contributed by atoms with Gasteiger partial charge in [0, 0.05) is 17.7 Å². The van der Waals surface area contributed by atoms with Gasteiger partial charge < -0.3 is 14.8 Å². The zero-order valence-corrected chi connectivity index (χ0v) is 13.8. The van der Waals surface area contributed by atoms with Crippen LogP contribution in [0.4, 0.5) is 5.69 Å². The van der Waals surface area contributed by atoms with Crippen LogP contribution in [0.15, 0.2) is 41.8 Å². The quantitative estimate of drug-likeness (QED) is 0.837. The van der Waals surface area contributed by atoms with Crippen LogP contribution in [0.3, 0.4) is 0 Å². The van der Waals surface area contributed by atoms with Gasteiger partial charge in [-0.25, -0.2) is 0 Å². The molecule has 0 radical (unpaired) electrons. The van der Waals surface area contributed by atoms with Crippen LogP contribution in [0.1, 0.15) is 24.1 Å². The van der Waals surface area contributed by atoms with Crippen LogP contribution in [0.2, 0.25) is 0 Å². The molecular formula is C18H21NO3S. The van der Waals surface area contributed by atoms with Gasteiger partial charge in [-0.15, -0.1) is 11.3 Å². The minimum atomic E-state index is 0.0280. The van der Waals surface area contributed by atoms with Gasteiger partial charge in [0.15, 0.2) is 0 Å². The molecule has 1 saturated heterocycles. The van der Waals surface area contributed by atoms with E-state index in [1.165, 1.54) is 4.88 Å². The first-order valence-corrected chi connectivity index (χ1v) is 8.85. The number of hydrogen-bond acceptors (Lipinski definition) is 4. The average molecular weight is 331 g/mol. The molecule has 5 heteroatoms. The number of carbonyl (C=O) groups excluding carboxylic acids is 1. The zero-order valence-electron chi connectivity index (χ0n) is 13.0. The molecule has 1 aromatic heterocycles. The molecule has 2 aromatic rings. The molecule has 1 N–H and O–H groups in total. The minimum Gasteiger partial charge on any atom is -0.486 e. The summed E-state index contributed by atoms with van der Waals surface area (Å²) in [5, 5.41) is 5.03. The van der Waals surface area contributed by atoms with Crippen molar-refractivity contribution in [3.8, 4) is 5.75 Å². The third kappa shape index (κ3) is 4.81. The molecule has 1 aliphatic rings. The number of amides is 1. The molecular weight excluding hydrogens is 310 g/mol. The molecule has 1 atom stereocenters. The second kappa shape index (κ2) is 8.13. The van der Waals surface area contributed by atoms with Crippen molar-refractivity contribution < 1.29 is 14.3 Å². The number of rotatable bonds is 7. The highest BCUT2D eigenvalue weighted by Crippen LogP contribution is 2.26. The van der Waals surface area contributed by atoms with Crippen molar-refractivity contribution in [1.29, 1.82) is 0 Å². The van der Waals surface area contributed by atoms with Gasteiger partial charge in [0.25, 0.3) is 0 Å². The van der Waals surface area contributed by atoms with Crippen LogP contribution >= 0.6 is 11.3 Å². The van der Waals surface area contributed by atoms with Gasteiger partial charge in [-0.05, 0) is 36.4 Å². The number of anilines is 1. The van der Waals surface area contributed by atoms with E-state index in [-0.39, 0.29) is 12.0 Å². The van der Waals surface area contributed by atoms with Gasteiger partial charge in [-0.3, -0.25) is 4.79 Å². The number of nitrogens with one attached hydrogen (secondary N) is 1. The molecule has 1 aromatic carbocycles. The fourth-order valence-corrected chi connectivity index (χ4v) is 3.30. The van der Waals surface area contributed by atoms with Crippen LogP contribution in [0.25, 0.3) is 0 Å². The Labute approximate surface area is 140 Å². The van der Waals surface area contributed by atoms with E-state index in [2.05, 4.69) is 16.8 Å². The number of benzene rings is 1. The van der Waals surface area contributed by atoms with Gasteiger partial charge in [-0.1, -0.05) is 18.2 Å². The largest absolute Gasteiger partial charge is 0.486 e. The van der Waals surface area contributed by atoms with Gasteiger partial charge in [0.1, 0.15) is 11.9 Å². The van der Waals surface area contributed by atoms with E-state index in [1.54, 1.807) is 11.3 Å². The number of ether oxygens (including phenoxy) is 2. The molecule has 0 saturated carbocycles. The van der Waals surface area contributed by atoms with Crippen LogP contribution < -0.4 is 10.1 Å². The predicted molar refractivity (Wildman–Crippen MR) is 92.2 cm³/mol. The van der Waals surface area contributed by atoms with Crippen molar-refractivity contribution in [2.24, 2.45) is 0 Å². The van der Waals surface area contributed by atoms with Crippen molar-refractivity contribution in [3.05, 3.63) is 46.7 Å². The molecule has 1 amide bonds. The Morgan fingerprint density at radius 3 is 3.00 bits per heavy atom. The number of hydrogen-bond donors (Lipinski definition) is 1. The Hall–Kier alpha value is -1.85. The lowest BCUT2D eigenvalue weighted by Crippen LogP contribution is -2.18. The summed E-state index contributed by atoms with van der Waals surface area (Å²) >= 11 is 1.74. The fourth-order valence-electron chi connectivity index (χ4n) is 2.55. The highest BCUT2D eigenvalue weighted by Gasteiger charge is 2.18. The van der Waals surface area contributed by atoms with Crippen molar-refractivity contribution in [3.63, 3.8) is 0 Å². The van der Waals surface area contributed by atoms with Gasteiger partial charge in [0.05, 0.1) is 18.9 Å². The highest BCUT2D eigenvalue weighted by atomic mass is 32.1. The SMILES string of the molecule is O=C(CCCc1cccs1)Nc1ccccc1O[C@H]1CCOC1. The molecule has 23 heavy (non-hydrogen) atoms. The maximum Gasteiger partial charge on any atom is 0.224 e. The van der Waals surface area contributed by atoms with Crippen molar-refractivity contribution >= 4 is 22.9 Å². The minimum absolute atomic E-state index is 0.0280. The molecule has 1 aliphatic heterocycles. The second-order valence-electron chi connectivity index (χ2n) is 5.58. The van der Waals surface area contributed by atoms with Crippen molar-refractivity contribution in [2.75, 3.05) is 18.5 Å². The molecule has 2 heterocycles. The third-order valence-corrected chi connectivity index (χ3v) is 4.69. The molecule has 1 fully saturated rings. The first kappa shape index (κ1) is 16.0. The molecule has 0 spiro atoms. The van der Waals surface area contributed by atoms with Crippen molar-refractivity contribution in [2.45, 2.75) is 31.8 Å². The maximum atomic E-state index is 12.1. The monoisotopic (exact) mass is 331 g/mol. The number of thiophene rings is 1. The molecule has 0 unspecified atom stereocenters. The van der Waals surface area contributed by atoms with E-state index in [9.17, 15) is 4.79 Å². The summed E-state index contributed by atoms with van der Waals surface area (Å²) in [6.45, 7) is 1.35. The molecule has 3 rings (SSSR count). The van der Waals surface area contributed by atoms with Crippen LogP contribution in [-0.4, -0.2) is 25.2 Å². The van der Waals surface area contributed by atoms with E-state index in [0.717, 1.165) is 37.3 Å². The summed E-state index contributed by atoms with van der Waals surface area (Å²) in [5.74, 6) is 0.745. The lowest BCUT2D eigenvalue weighted by atomic mass is 10.2. The topological polar surface area (TPSA) is 47.6 Å². The first-order chi connectivity index (χ1) is 11.3. The lowest BCUT2D eigenvalue weighted by molar-refractivity contribution is -0.116. The maximum absolute atomic E-state index is 12.1. The van der Waals surface area contributed by atoms with Crippen molar-refractivity contribution in [1.82, 2.24) is 0 Å². The van der Waals surface area contributed by atoms with Gasteiger partial charge in [-0.2, -0.15) is 0 Å². The second-order valence-corrected chi connectivity index (χ2v) is 6.61. The van der Waals surface area contributed by atoms with Gasteiger partial charge in [0.2, 0.25) is 5.91 Å². The third-order valence-electron chi connectivity index (χ3n) is 3.75. The zero-order chi connectivity index (χ0) is 15.9. The number of aryl methyl sites for hydroxylation is 1. The Bertz CT molecular complexity index is 621. The van der Waals surface area contributed by atoms with E-state index in [0.29, 0.717) is 13.0 Å². The summed E-state index contributed by atoms with van der Waals surface area (Å²) in [6, 6.07) is 11.7. The molecule has 0 aliphatic carbocycles. The number of para-hydroxylation sites is 2. The highest BCUT2D eigenvalue weighted by molar-refractivity contribution is 7.09. The van der Waals surface area contributed by atoms with Crippen LogP contribution in [-0.2, 0) is 16.0 Å². The molecule has 122 valence electrons. The lowest BCUT2D eigenvalue weighted by Gasteiger charge is -2.16. The Morgan fingerprint density at radius 1 is 1.30 bits per heavy atom. The van der Waals surface area contributed by atoms with E-state index >= 15 is 0 Å². The summed E-state index contributed by atoms with van der Waals surface area (Å²) in [6.07, 6.45) is 3.28. The van der Waals surface area contributed by atoms with E-state index in [4.69, 9.17) is 9.47 Å². The van der Waals surface area contributed by atoms with E-state index in [1.807, 2.05) is 30.3 Å². The summed E-state index contributed by atoms with van der Waals surface area (Å²) < 4.78 is 11.3. The summed E-state index contributed by atoms with van der Waals surface area (Å²) in [4.78, 5) is 13.5. The Morgan fingerprint density at radius 2 is 2.22 bits per heavy atom. The first-order valence-electron chi connectivity index (χ1n) is 7.97. The standard InChI is InChI=1S/C18H21NO3S/c20-18(9-3-5-15-6-4-12-23-15)19-16-7-1-2-8-17(16)22-14-10-11-21-13-14/h1-2,4,6-8,12,14H,3,5,9-11,13H2,(H,19,20)/t14-/m0/s1. The van der Waals surface area contributed by atoms with Crippen LogP contribution in [0.5, 0.6) is 5.75 Å². The average Bonchev–Trinajstić information content (AvgIpc) is 3.23. The van der Waals surface area contributed by atoms with E-state index < -0.39 is 0 Å². The Kier molecular flexibility index (Phi) is 5.66. The number of carbonyl (C=O) groups is 1. The smallest absolute Gasteiger partial charge is 0.224 e. The summed E-state index contributed by atoms with van der Waals surface area (Å²) in [5.41, 5.74) is 0.737. The summed E-state index contributed by atoms with van der Waals surface area (Å²) in [7, 11) is 0. The van der Waals surface area contributed by atoms with Crippen LogP contribution in [0, 0.1) is 0 Å². The van der Waals surface area contributed by atoms with Gasteiger partial charge >= 0.3 is 0 Å². The Balaban J connectivity index is 1.51. The fraction of sp³-hybridized carbons (Fsp3) is 0.389. The normalized spacial score (nSPS) is 17.1. The predicted octanol–water partition coefficient (Wildman–Crippen LogP) is 3.88. The molecule has 0 bridgehead atoms. The molecule has 4 nitrogen and oxygen atoms in total.